The minimum absolute atomic E-state index is 0.177. The van der Waals surface area contributed by atoms with E-state index in [1.165, 1.54) is 0 Å². The highest BCUT2D eigenvalue weighted by Crippen LogP contribution is 2.41. The van der Waals surface area contributed by atoms with Crippen LogP contribution in [0.25, 0.3) is 0 Å². The van der Waals surface area contributed by atoms with Crippen molar-refractivity contribution in [2.45, 2.75) is 24.9 Å². The predicted molar refractivity (Wildman–Crippen MR) is 74.2 cm³/mol. The van der Waals surface area contributed by atoms with E-state index in [1.807, 2.05) is 24.3 Å². The Kier molecular flexibility index (Phi) is 4.37. The predicted octanol–water partition coefficient (Wildman–Crippen LogP) is 2.31. The number of rotatable bonds is 4. The lowest BCUT2D eigenvalue weighted by atomic mass is 9.93. The zero-order chi connectivity index (χ0) is 13.2. The average Bonchev–Trinajstić information content (AvgIpc) is 2.68. The first-order valence-corrected chi connectivity index (χ1v) is 6.74. The molecule has 0 aromatic heterocycles. The van der Waals surface area contributed by atoms with Gasteiger partial charge in [0.1, 0.15) is 6.10 Å². The number of benzene rings is 1. The van der Waals surface area contributed by atoms with Gasteiger partial charge in [0.25, 0.3) is 0 Å². The molecular formula is C13H15IO4. The molecule has 18 heavy (non-hydrogen) atoms. The van der Waals surface area contributed by atoms with Crippen molar-refractivity contribution >= 4 is 28.9 Å². The van der Waals surface area contributed by atoms with Crippen molar-refractivity contribution in [1.29, 1.82) is 0 Å². The van der Waals surface area contributed by atoms with Crippen molar-refractivity contribution < 1.29 is 19.0 Å². The van der Waals surface area contributed by atoms with Gasteiger partial charge in [0.05, 0.1) is 6.61 Å². The van der Waals surface area contributed by atoms with Crippen molar-refractivity contribution in [2.75, 3.05) is 13.7 Å². The van der Waals surface area contributed by atoms with Crippen molar-refractivity contribution in [2.24, 2.45) is 0 Å². The molecule has 1 aliphatic rings. The maximum atomic E-state index is 11.5. The molecule has 1 aliphatic heterocycles. The molecule has 0 saturated carbocycles. The molecule has 0 amide bonds. The lowest BCUT2D eigenvalue weighted by Crippen LogP contribution is -2.41. The first-order chi connectivity index (χ1) is 8.63. The summed E-state index contributed by atoms with van der Waals surface area (Å²) in [6, 6.07) is 7.79. The van der Waals surface area contributed by atoms with E-state index < -0.39 is 18.0 Å². The van der Waals surface area contributed by atoms with Crippen LogP contribution in [0.15, 0.2) is 24.3 Å². The Hall–Kier alpha value is -0.500. The zero-order valence-corrected chi connectivity index (χ0v) is 12.4. The molecule has 1 heterocycles. The monoisotopic (exact) mass is 362 g/mol. The third kappa shape index (κ3) is 2.45. The van der Waals surface area contributed by atoms with Crippen LogP contribution in [-0.2, 0) is 19.0 Å². The minimum atomic E-state index is -1.06. The van der Waals surface area contributed by atoms with Crippen molar-refractivity contribution in [3.05, 3.63) is 33.4 Å². The van der Waals surface area contributed by atoms with Crippen molar-refractivity contribution in [1.82, 2.24) is 0 Å². The summed E-state index contributed by atoms with van der Waals surface area (Å²) in [6.45, 7) is 1.96. The van der Waals surface area contributed by atoms with Gasteiger partial charge in [-0.1, -0.05) is 18.2 Å². The second-order valence-electron chi connectivity index (χ2n) is 4.23. The molecule has 0 spiro atoms. The summed E-state index contributed by atoms with van der Waals surface area (Å²) in [4.78, 5) is 11.5. The highest BCUT2D eigenvalue weighted by molar-refractivity contribution is 14.1. The van der Waals surface area contributed by atoms with Crippen molar-refractivity contribution in [3.8, 4) is 0 Å². The Morgan fingerprint density at radius 1 is 1.50 bits per heavy atom. The number of aldehydes is 1. The molecule has 5 heteroatoms. The largest absolute Gasteiger partial charge is 0.381 e. The maximum Gasteiger partial charge on any atom is 0.179 e. The number of carbonyl (C=O) groups is 1. The summed E-state index contributed by atoms with van der Waals surface area (Å²) in [7, 11) is 1.55. The van der Waals surface area contributed by atoms with Crippen LogP contribution in [0.3, 0.4) is 0 Å². The van der Waals surface area contributed by atoms with Crippen LogP contribution in [0.5, 0.6) is 0 Å². The van der Waals surface area contributed by atoms with Crippen LogP contribution in [0.4, 0.5) is 0 Å². The van der Waals surface area contributed by atoms with Crippen LogP contribution >= 0.6 is 22.6 Å². The fourth-order valence-corrected chi connectivity index (χ4v) is 2.86. The van der Waals surface area contributed by atoms with Gasteiger partial charge < -0.3 is 14.2 Å². The van der Waals surface area contributed by atoms with E-state index in [-0.39, 0.29) is 6.61 Å². The SMILES string of the molecule is COC[C@@]1(C=O)OC(C)O[C@H]1c1ccccc1I. The van der Waals surface area contributed by atoms with E-state index in [0.717, 1.165) is 15.4 Å². The number of methoxy groups -OCH3 is 1. The molecular weight excluding hydrogens is 347 g/mol. The Balaban J connectivity index is 2.41. The second-order valence-corrected chi connectivity index (χ2v) is 5.39. The number of carbonyl (C=O) groups excluding carboxylic acids is 1. The summed E-state index contributed by atoms with van der Waals surface area (Å²) in [5.74, 6) is 0. The number of hydrogen-bond donors (Lipinski definition) is 0. The van der Waals surface area contributed by atoms with Gasteiger partial charge in [0.15, 0.2) is 18.2 Å². The normalized spacial score (nSPS) is 31.5. The van der Waals surface area contributed by atoms with E-state index >= 15 is 0 Å². The standard InChI is InChI=1S/C13H15IO4/c1-9-17-12(10-5-3-4-6-11(10)14)13(7-15,18-9)8-16-2/h3-7,9,12H,8H2,1-2H3/t9?,12-,13+/m0/s1. The summed E-state index contributed by atoms with van der Waals surface area (Å²) >= 11 is 2.23. The van der Waals surface area contributed by atoms with Crippen LogP contribution in [0.1, 0.15) is 18.6 Å². The Bertz CT molecular complexity index is 437. The average molecular weight is 362 g/mol. The first kappa shape index (κ1) is 13.9. The lowest BCUT2D eigenvalue weighted by molar-refractivity contribution is -0.139. The fraction of sp³-hybridized carbons (Fsp3) is 0.462. The van der Waals surface area contributed by atoms with Gasteiger partial charge in [-0.2, -0.15) is 0 Å². The Labute approximate surface area is 120 Å². The van der Waals surface area contributed by atoms with E-state index in [2.05, 4.69) is 22.6 Å². The van der Waals surface area contributed by atoms with E-state index in [0.29, 0.717) is 0 Å². The molecule has 4 nitrogen and oxygen atoms in total. The Morgan fingerprint density at radius 3 is 2.83 bits per heavy atom. The first-order valence-electron chi connectivity index (χ1n) is 5.66. The Morgan fingerprint density at radius 2 is 2.22 bits per heavy atom. The zero-order valence-electron chi connectivity index (χ0n) is 10.3. The van der Waals surface area contributed by atoms with Gasteiger partial charge in [0, 0.05) is 10.7 Å². The number of ether oxygens (including phenoxy) is 3. The number of hydrogen-bond acceptors (Lipinski definition) is 4. The van der Waals surface area contributed by atoms with E-state index in [1.54, 1.807) is 14.0 Å². The molecule has 1 saturated heterocycles. The molecule has 0 radical (unpaired) electrons. The van der Waals surface area contributed by atoms with Gasteiger partial charge in [-0.25, -0.2) is 0 Å². The summed E-state index contributed by atoms with van der Waals surface area (Å²) in [5, 5.41) is 0. The number of halogens is 1. The summed E-state index contributed by atoms with van der Waals surface area (Å²) < 4.78 is 17.6. The highest BCUT2D eigenvalue weighted by atomic mass is 127. The van der Waals surface area contributed by atoms with Crippen LogP contribution in [0.2, 0.25) is 0 Å². The van der Waals surface area contributed by atoms with Gasteiger partial charge in [-0.3, -0.25) is 4.79 Å². The smallest absolute Gasteiger partial charge is 0.179 e. The van der Waals surface area contributed by atoms with E-state index in [4.69, 9.17) is 14.2 Å². The van der Waals surface area contributed by atoms with Crippen LogP contribution in [-0.4, -0.2) is 31.9 Å². The minimum Gasteiger partial charge on any atom is -0.381 e. The van der Waals surface area contributed by atoms with Gasteiger partial charge in [-0.15, -0.1) is 0 Å². The molecule has 0 bridgehead atoms. The third-order valence-corrected chi connectivity index (χ3v) is 3.90. The van der Waals surface area contributed by atoms with Gasteiger partial charge in [0.2, 0.25) is 0 Å². The molecule has 98 valence electrons. The molecule has 1 aromatic carbocycles. The summed E-state index contributed by atoms with van der Waals surface area (Å²) in [6.07, 6.45) is -0.0716. The van der Waals surface area contributed by atoms with Crippen LogP contribution in [0, 0.1) is 3.57 Å². The lowest BCUT2D eigenvalue weighted by Gasteiger charge is -2.26. The van der Waals surface area contributed by atoms with E-state index in [9.17, 15) is 4.79 Å². The molecule has 1 fully saturated rings. The van der Waals surface area contributed by atoms with Crippen LogP contribution < -0.4 is 0 Å². The molecule has 3 atom stereocenters. The quantitative estimate of drug-likeness (QED) is 0.609. The molecule has 0 N–H and O–H groups in total. The summed E-state index contributed by atoms with van der Waals surface area (Å²) in [5.41, 5.74) is -0.110. The molecule has 1 aromatic rings. The van der Waals surface area contributed by atoms with Crippen molar-refractivity contribution in [3.63, 3.8) is 0 Å². The third-order valence-electron chi connectivity index (χ3n) is 2.91. The second kappa shape index (κ2) is 5.64. The van der Waals surface area contributed by atoms with Gasteiger partial charge in [-0.05, 0) is 41.1 Å². The topological polar surface area (TPSA) is 44.8 Å². The molecule has 0 aliphatic carbocycles. The molecule has 1 unspecified atom stereocenters. The maximum absolute atomic E-state index is 11.5. The fourth-order valence-electron chi connectivity index (χ4n) is 2.19. The highest BCUT2D eigenvalue weighted by Gasteiger charge is 2.50. The van der Waals surface area contributed by atoms with Gasteiger partial charge >= 0.3 is 0 Å². The molecule has 2 rings (SSSR count).